The number of phosphoric acid groups is 1. The Kier molecular flexibility index (Phi) is 38.3. The normalized spacial score (nSPS) is 29.3. The molecule has 14 rings (SSSR count). The summed E-state index contributed by atoms with van der Waals surface area (Å²) in [5, 5.41) is 11.8. The van der Waals surface area contributed by atoms with Crippen LogP contribution < -0.4 is 61.2 Å². The first kappa shape index (κ1) is 113. The number of aryl methyl sites for hydroxylation is 4. The highest BCUT2D eigenvalue weighted by Crippen LogP contribution is 2.58. The number of imidazole rings is 2. The number of rotatable bonds is 52. The second kappa shape index (κ2) is 48.9. The summed E-state index contributed by atoms with van der Waals surface area (Å²) in [4.78, 5) is 178. The van der Waals surface area contributed by atoms with Gasteiger partial charge in [0.1, 0.15) is 121 Å². The van der Waals surface area contributed by atoms with Crippen molar-refractivity contribution in [2.75, 3.05) is 158 Å². The molecular formula is C76H112N20O39P5S4+. The second-order valence-electron chi connectivity index (χ2n) is 33.2. The van der Waals surface area contributed by atoms with Crippen molar-refractivity contribution in [1.29, 1.82) is 0 Å². The molecule has 28 atom stereocenters. The number of aromatic nitrogens is 16. The van der Waals surface area contributed by atoms with Crippen LogP contribution in [0.15, 0.2) is 78.9 Å². The largest absolute Gasteiger partial charge is 0.472 e. The van der Waals surface area contributed by atoms with E-state index in [9.17, 15) is 58.3 Å². The Morgan fingerprint density at radius 2 is 0.771 bits per heavy atom. The molecule has 6 saturated heterocycles. The Morgan fingerprint density at radius 1 is 0.417 bits per heavy atom. The molecule has 0 aromatic carbocycles. The molecule has 17 N–H and O–H groups in total. The maximum absolute atomic E-state index is 15.5. The minimum atomic E-state index is -5.86. The highest BCUT2D eigenvalue weighted by atomic mass is 32.5. The molecule has 798 valence electrons. The van der Waals surface area contributed by atoms with E-state index in [0.717, 1.165) is 32.6 Å². The number of nitrogen functional groups attached to an aromatic ring is 4. The van der Waals surface area contributed by atoms with E-state index in [1.807, 2.05) is 0 Å². The predicted octanol–water partition coefficient (Wildman–Crippen LogP) is -2.06. The van der Waals surface area contributed by atoms with E-state index in [2.05, 4.69) is 49.8 Å². The van der Waals surface area contributed by atoms with Crippen LogP contribution in [0.2, 0.25) is 0 Å². The molecule has 14 heterocycles. The highest BCUT2D eigenvalue weighted by molar-refractivity contribution is 8.08. The van der Waals surface area contributed by atoms with Crippen LogP contribution in [0.4, 0.5) is 23.4 Å². The predicted molar refractivity (Wildman–Crippen MR) is 508 cm³/mol. The van der Waals surface area contributed by atoms with Crippen LogP contribution in [0.25, 0.3) is 22.3 Å². The Labute approximate surface area is 836 Å². The number of anilines is 4. The van der Waals surface area contributed by atoms with Crippen LogP contribution in [0.1, 0.15) is 79.4 Å². The third-order valence-electron chi connectivity index (χ3n) is 23.5. The number of aromatic amines is 3. The summed E-state index contributed by atoms with van der Waals surface area (Å²) in [7, 11) is 0.973. The SMILES string of the molecule is CC[C@H]1O[C@@H]([n+]2cc(C)c(=O)[nH]c2N)CC1OP(O)(=S)OC[C@H]1O[C@@H](n2cc(C)c(N)nc2=O)[C@@H](OCCOC)C1OP(O)(=S)OC[C@H]1O[C@@H](n2cnc3c(N)ncnc32)[C@@H](OCCOC)C1OP(=O)(O)OC[C@H]1O[C@@H](n2cc(C)c(=O)[nH]c2=O)[C@@H](OCCOC)C1OP(O)(=S)OC[C@H]1O[C@@H](n2cnc3c(N)ncnc32)[C@@H](OCCOC)C1OP(O)(=S)OC[C@H]1O[C@@H](n2cc(C)c(=O)[nH]c2=O)[C@@H](OCCOC)C1O. The Hall–Kier alpha value is -7.03. The van der Waals surface area contributed by atoms with Crippen molar-refractivity contribution in [3.63, 3.8) is 0 Å². The van der Waals surface area contributed by atoms with Gasteiger partial charge in [0.05, 0.1) is 136 Å². The first-order chi connectivity index (χ1) is 68.5. The van der Waals surface area contributed by atoms with E-state index in [1.54, 1.807) is 20.8 Å². The van der Waals surface area contributed by atoms with Gasteiger partial charge in [0.25, 0.3) is 11.1 Å². The van der Waals surface area contributed by atoms with Gasteiger partial charge in [-0.15, -0.1) is 0 Å². The molecule has 6 aliphatic rings. The smallest absolute Gasteiger partial charge is 0.387 e. The lowest BCUT2D eigenvalue weighted by molar-refractivity contribution is -0.749. The van der Waals surface area contributed by atoms with Gasteiger partial charge in [-0.25, -0.2) is 58.4 Å². The Morgan fingerprint density at radius 3 is 1.19 bits per heavy atom. The fraction of sp³-hybridized carbons (Fsp3) is 0.658. The average Bonchev–Trinajstić information content (AvgIpc) is 1.61. The number of fused-ring (bicyclic) bond motifs is 2. The van der Waals surface area contributed by atoms with E-state index in [1.165, 1.54) is 94.3 Å². The fourth-order valence-corrected chi connectivity index (χ4v) is 23.2. The van der Waals surface area contributed by atoms with Crippen LogP contribution >= 0.6 is 34.7 Å². The number of nitrogens with zero attached hydrogens (tertiary/aromatic N) is 13. The summed E-state index contributed by atoms with van der Waals surface area (Å²) in [6, 6.07) is 0. The number of nitrogens with one attached hydrogen (secondary N) is 3. The number of ether oxygens (including phenoxy) is 16. The maximum Gasteiger partial charge on any atom is 0.472 e. The van der Waals surface area contributed by atoms with Gasteiger partial charge in [-0.1, -0.05) is 6.92 Å². The zero-order valence-corrected chi connectivity index (χ0v) is 86.3. The lowest BCUT2D eigenvalue weighted by Crippen LogP contribution is -2.45. The van der Waals surface area contributed by atoms with Crippen molar-refractivity contribution in [1.82, 2.24) is 72.7 Å². The summed E-state index contributed by atoms with van der Waals surface area (Å²) in [5.74, 6) is -0.333. The van der Waals surface area contributed by atoms with E-state index in [0.29, 0.717) is 17.5 Å². The highest BCUT2D eigenvalue weighted by Gasteiger charge is 2.58. The first-order valence-electron chi connectivity index (χ1n) is 44.2. The number of hydrogen-bond acceptors (Lipinski definition) is 49. The summed E-state index contributed by atoms with van der Waals surface area (Å²) in [5.41, 5.74) is 20.8. The van der Waals surface area contributed by atoms with Crippen molar-refractivity contribution in [2.24, 2.45) is 0 Å². The number of aliphatic hydroxyl groups is 1. The molecule has 0 spiro atoms. The second-order valence-corrected chi connectivity index (χ2v) is 45.7. The number of hydrogen-bond donors (Lipinski definition) is 13. The van der Waals surface area contributed by atoms with Gasteiger partial charge in [0, 0.05) is 77.3 Å². The monoisotopic (exact) mass is 2210 g/mol. The van der Waals surface area contributed by atoms with Crippen LogP contribution in [-0.2, 0) is 173 Å². The lowest BCUT2D eigenvalue weighted by Gasteiger charge is -2.30. The molecule has 68 heteroatoms. The molecule has 0 aliphatic carbocycles. The summed E-state index contributed by atoms with van der Waals surface area (Å²) < 4.78 is 182. The van der Waals surface area contributed by atoms with Crippen LogP contribution in [0.3, 0.4) is 0 Å². The van der Waals surface area contributed by atoms with Crippen LogP contribution in [0.5, 0.6) is 0 Å². The third-order valence-corrected chi connectivity index (χ3v) is 30.7. The van der Waals surface area contributed by atoms with Crippen molar-refractivity contribution >= 4 is 128 Å². The molecule has 6 aliphatic heterocycles. The fourth-order valence-electron chi connectivity index (χ4n) is 16.5. The molecule has 0 saturated carbocycles. The topological polar surface area (TPSA) is 751 Å². The van der Waals surface area contributed by atoms with Crippen LogP contribution in [-0.4, -0.2) is 341 Å². The summed E-state index contributed by atoms with van der Waals surface area (Å²) in [6.07, 6.45) is -24.9. The van der Waals surface area contributed by atoms with Crippen molar-refractivity contribution in [3.8, 4) is 0 Å². The number of phosphoric ester groups is 1. The molecule has 11 unspecified atom stereocenters. The maximum atomic E-state index is 15.5. The van der Waals surface area contributed by atoms with Crippen LogP contribution in [0, 0.1) is 27.7 Å². The zero-order chi connectivity index (χ0) is 104. The van der Waals surface area contributed by atoms with Gasteiger partial charge in [0.15, 0.2) is 60.3 Å². The molecule has 8 aromatic heterocycles. The number of H-pyrrole nitrogens is 3. The quantitative estimate of drug-likeness (QED) is 0.0111. The van der Waals surface area contributed by atoms with Gasteiger partial charge in [-0.2, -0.15) is 4.98 Å². The van der Waals surface area contributed by atoms with Gasteiger partial charge in [-0.05, 0) is 81.3 Å². The zero-order valence-electron chi connectivity index (χ0n) is 78.6. The molecule has 0 bridgehead atoms. The van der Waals surface area contributed by atoms with Gasteiger partial charge in [-0.3, -0.25) is 75.5 Å². The average molecular weight is 2210 g/mol. The Balaban J connectivity index is 0.758. The molecule has 59 nitrogen and oxygen atoms in total. The van der Waals surface area contributed by atoms with E-state index in [4.69, 9.17) is 191 Å². The molecule has 8 aromatic rings. The van der Waals surface area contributed by atoms with Gasteiger partial charge < -0.3 is 145 Å². The molecule has 0 amide bonds. The molecule has 144 heavy (non-hydrogen) atoms. The molecular weight excluding hydrogens is 2100 g/mol. The number of methoxy groups -OCH3 is 5. The van der Waals surface area contributed by atoms with E-state index >= 15 is 4.57 Å². The van der Waals surface area contributed by atoms with Crippen molar-refractivity contribution in [3.05, 3.63) is 135 Å². The molecule has 0 radical (unpaired) electrons. The number of nitrogens with two attached hydrogens (primary N) is 4. The summed E-state index contributed by atoms with van der Waals surface area (Å²) >= 11 is 23.0. The minimum Gasteiger partial charge on any atom is -0.387 e. The number of aliphatic hydroxyl groups excluding tert-OH is 1. The van der Waals surface area contributed by atoms with E-state index < -0.39 is 243 Å². The lowest BCUT2D eigenvalue weighted by atomic mass is 10.1. The van der Waals surface area contributed by atoms with Gasteiger partial charge in [0.2, 0.25) is 0 Å². The minimum absolute atomic E-state index is 0.0108. The van der Waals surface area contributed by atoms with Crippen molar-refractivity contribution < 1.29 is 160 Å². The molecule has 6 fully saturated rings. The third kappa shape index (κ3) is 26.7. The summed E-state index contributed by atoms with van der Waals surface area (Å²) in [6.45, 7) is -17.9. The first-order valence-corrected chi connectivity index (χ1v) is 56.0. The van der Waals surface area contributed by atoms with E-state index in [-0.39, 0.29) is 129 Å². The Bertz CT molecular complexity index is 6440. The standard InChI is InChI=1S/C76H111N20O39P5S4/c1-11-40-41(22-47(125-40)91-24-37(3)65(98)88-73(91)80)131-137(106,141)122-30-45-53(58(118-20-15-113-9)69(128-45)92-23-36(2)60(77)87-74(92)101)134-139(108,143)123-29-44-51(56(116-18-13-111-7)71(129-44)95-34-85-48-61(78)81-32-83-63(48)95)132-136(104,105)120-28-43-52(57(117-19-14-112-8)70(127-43)94-26-39(5)67(100)90-76(94)103)133-140(109,144)124-31-46-54(59(119-21-16-114-10)72(130-46)96-35-86-49-62(79)82-33-84-64(49)96)135-138(107,142)121-27-42-50(97)55(115-17-12-110-6)68(126-42)93-25-38(4)66(99)89-75(93)102/h23-26,32-35,40-47,50-59,68-72,97H,11-22,27-31H2,1-10H3,(H15,77,78,79,80,81,82,83,84,87,88,89,90,98,99,100,101,102,103,104,105,106,107,108,109,141,142,143,144)/p+1/t40-,41?,42-,43-,44-,45-,46-,47-,50?,51?,52?,53?,54?,55+,56+,57+,58+,59+,68-,69-,70-,71-,72-,137?,138?,139?,140?/m1/s1. The van der Waals surface area contributed by atoms with Gasteiger partial charge >= 0.3 is 63.3 Å². The van der Waals surface area contributed by atoms with Crippen molar-refractivity contribution in [2.45, 2.75) is 189 Å².